The summed E-state index contributed by atoms with van der Waals surface area (Å²) in [5.74, 6) is -0.744. The van der Waals surface area contributed by atoms with Crippen molar-refractivity contribution in [1.82, 2.24) is 4.57 Å². The quantitative estimate of drug-likeness (QED) is 0.882. The fourth-order valence-corrected chi connectivity index (χ4v) is 2.44. The van der Waals surface area contributed by atoms with Gasteiger partial charge in [-0.15, -0.1) is 0 Å². The first kappa shape index (κ1) is 11.7. The second-order valence-corrected chi connectivity index (χ2v) is 4.63. The van der Waals surface area contributed by atoms with Crippen LogP contribution >= 0.6 is 0 Å². The Kier molecular flexibility index (Phi) is 2.92. The number of rotatable bonds is 3. The first-order chi connectivity index (χ1) is 7.99. The molecule has 2 rings (SSSR count). The van der Waals surface area contributed by atoms with E-state index in [0.29, 0.717) is 6.42 Å². The van der Waals surface area contributed by atoms with E-state index >= 15 is 0 Å². The Morgan fingerprint density at radius 1 is 1.35 bits per heavy atom. The van der Waals surface area contributed by atoms with Gasteiger partial charge in [-0.05, 0) is 43.0 Å². The maximum absolute atomic E-state index is 10.6. The third kappa shape index (κ3) is 2.18. The second-order valence-electron chi connectivity index (χ2n) is 4.63. The van der Waals surface area contributed by atoms with Crippen molar-refractivity contribution in [3.8, 4) is 0 Å². The highest BCUT2D eigenvalue weighted by Crippen LogP contribution is 2.26. The molecule has 1 N–H and O–H groups in total. The number of fused-ring (bicyclic) bond motifs is 1. The first-order valence-corrected chi connectivity index (χ1v) is 5.76. The van der Waals surface area contributed by atoms with E-state index in [0.717, 1.165) is 5.56 Å². The van der Waals surface area contributed by atoms with Gasteiger partial charge in [-0.3, -0.25) is 4.79 Å². The summed E-state index contributed by atoms with van der Waals surface area (Å²) < 4.78 is 2.08. The summed E-state index contributed by atoms with van der Waals surface area (Å²) in [6.45, 7) is 4.16. The average molecular weight is 231 g/mol. The van der Waals surface area contributed by atoms with Gasteiger partial charge in [0.2, 0.25) is 0 Å². The van der Waals surface area contributed by atoms with Crippen LogP contribution in [-0.4, -0.2) is 15.6 Å². The van der Waals surface area contributed by atoms with Crippen LogP contribution in [0.4, 0.5) is 0 Å². The summed E-state index contributed by atoms with van der Waals surface area (Å²) in [7, 11) is 2.01. The van der Waals surface area contributed by atoms with E-state index in [2.05, 4.69) is 30.5 Å². The van der Waals surface area contributed by atoms with Crippen molar-refractivity contribution in [1.29, 1.82) is 0 Å². The predicted octanol–water partition coefficient (Wildman–Crippen LogP) is 2.81. The molecule has 0 unspecified atom stereocenters. The average Bonchev–Trinajstić information content (AvgIpc) is 2.53. The number of nitrogens with zero attached hydrogens (tertiary/aromatic N) is 1. The van der Waals surface area contributed by atoms with Crippen LogP contribution in [0.5, 0.6) is 0 Å². The minimum absolute atomic E-state index is 0.187. The van der Waals surface area contributed by atoms with Crippen molar-refractivity contribution in [2.75, 3.05) is 0 Å². The molecule has 3 heteroatoms. The van der Waals surface area contributed by atoms with Crippen LogP contribution in [0.3, 0.4) is 0 Å². The zero-order valence-corrected chi connectivity index (χ0v) is 10.4. The van der Waals surface area contributed by atoms with Crippen LogP contribution in [0.15, 0.2) is 18.3 Å². The molecule has 0 aliphatic carbocycles. The highest BCUT2D eigenvalue weighted by Gasteiger charge is 2.10. The molecule has 0 bridgehead atoms. The van der Waals surface area contributed by atoms with Crippen molar-refractivity contribution in [2.45, 2.75) is 26.7 Å². The molecular formula is C14H17NO2. The van der Waals surface area contributed by atoms with Gasteiger partial charge in [0.15, 0.2) is 0 Å². The first-order valence-electron chi connectivity index (χ1n) is 5.76. The molecule has 0 radical (unpaired) electrons. The molecule has 0 aliphatic rings. The SMILES string of the molecule is Cc1cc(C)c2c(CCC(=O)O)cn(C)c2c1. The summed E-state index contributed by atoms with van der Waals surface area (Å²) in [6.07, 6.45) is 2.82. The van der Waals surface area contributed by atoms with Gasteiger partial charge in [0.1, 0.15) is 0 Å². The van der Waals surface area contributed by atoms with Gasteiger partial charge in [0.25, 0.3) is 0 Å². The lowest BCUT2D eigenvalue weighted by Gasteiger charge is -2.03. The van der Waals surface area contributed by atoms with E-state index < -0.39 is 5.97 Å². The Hall–Kier alpha value is -1.77. The third-order valence-corrected chi connectivity index (χ3v) is 3.12. The van der Waals surface area contributed by atoms with Crippen LogP contribution in [0, 0.1) is 13.8 Å². The maximum atomic E-state index is 10.6. The smallest absolute Gasteiger partial charge is 0.303 e. The lowest BCUT2D eigenvalue weighted by molar-refractivity contribution is -0.136. The van der Waals surface area contributed by atoms with E-state index in [1.54, 1.807) is 0 Å². The number of aliphatic carboxylic acids is 1. The summed E-state index contributed by atoms with van der Waals surface area (Å²) in [4.78, 5) is 10.6. The van der Waals surface area contributed by atoms with E-state index in [1.165, 1.54) is 22.0 Å². The molecule has 0 atom stereocenters. The van der Waals surface area contributed by atoms with Crippen molar-refractivity contribution in [3.05, 3.63) is 35.0 Å². The maximum Gasteiger partial charge on any atom is 0.303 e. The van der Waals surface area contributed by atoms with E-state index in [-0.39, 0.29) is 6.42 Å². The minimum Gasteiger partial charge on any atom is -0.481 e. The lowest BCUT2D eigenvalue weighted by Crippen LogP contribution is -1.97. The number of carbonyl (C=O) groups is 1. The number of carboxylic acids is 1. The van der Waals surface area contributed by atoms with E-state index in [9.17, 15) is 4.79 Å². The Balaban J connectivity index is 2.54. The van der Waals surface area contributed by atoms with Gasteiger partial charge < -0.3 is 9.67 Å². The summed E-state index contributed by atoms with van der Waals surface area (Å²) in [6, 6.07) is 4.29. The largest absolute Gasteiger partial charge is 0.481 e. The minimum atomic E-state index is -0.744. The van der Waals surface area contributed by atoms with Crippen LogP contribution < -0.4 is 0 Å². The molecule has 17 heavy (non-hydrogen) atoms. The number of aryl methyl sites for hydroxylation is 4. The normalized spacial score (nSPS) is 11.0. The van der Waals surface area contributed by atoms with Crippen molar-refractivity contribution in [3.63, 3.8) is 0 Å². The zero-order valence-electron chi connectivity index (χ0n) is 10.4. The van der Waals surface area contributed by atoms with E-state index in [1.807, 2.05) is 13.2 Å². The molecule has 90 valence electrons. The topological polar surface area (TPSA) is 42.2 Å². The number of hydrogen-bond acceptors (Lipinski definition) is 1. The molecule has 1 aromatic heterocycles. The van der Waals surface area contributed by atoms with Crippen LogP contribution in [0.2, 0.25) is 0 Å². The summed E-state index contributed by atoms with van der Waals surface area (Å²) in [5, 5.41) is 9.97. The molecule has 0 fully saturated rings. The third-order valence-electron chi connectivity index (χ3n) is 3.12. The monoisotopic (exact) mass is 231 g/mol. The van der Waals surface area contributed by atoms with Gasteiger partial charge in [-0.2, -0.15) is 0 Å². The molecule has 0 amide bonds. The molecule has 1 aromatic carbocycles. The molecule has 1 heterocycles. The number of benzene rings is 1. The summed E-state index contributed by atoms with van der Waals surface area (Å²) in [5.41, 5.74) is 4.77. The van der Waals surface area contributed by atoms with Gasteiger partial charge in [-0.25, -0.2) is 0 Å². The lowest BCUT2D eigenvalue weighted by atomic mass is 10.0. The van der Waals surface area contributed by atoms with E-state index in [4.69, 9.17) is 5.11 Å². The molecule has 2 aromatic rings. The molecule has 3 nitrogen and oxygen atoms in total. The number of carboxylic acid groups (broad SMARTS) is 1. The second kappa shape index (κ2) is 4.24. The van der Waals surface area contributed by atoms with Gasteiger partial charge in [0, 0.05) is 30.6 Å². The Bertz CT molecular complexity index is 581. The Morgan fingerprint density at radius 2 is 2.06 bits per heavy atom. The van der Waals surface area contributed by atoms with Gasteiger partial charge >= 0.3 is 5.97 Å². The molecule has 0 spiro atoms. The van der Waals surface area contributed by atoms with Crippen molar-refractivity contribution < 1.29 is 9.90 Å². The Labute approximate surface area is 101 Å². The fourth-order valence-electron chi connectivity index (χ4n) is 2.44. The highest BCUT2D eigenvalue weighted by atomic mass is 16.4. The molecule has 0 saturated carbocycles. The molecular weight excluding hydrogens is 214 g/mol. The molecule has 0 aliphatic heterocycles. The van der Waals surface area contributed by atoms with Gasteiger partial charge in [0.05, 0.1) is 0 Å². The van der Waals surface area contributed by atoms with Crippen molar-refractivity contribution >= 4 is 16.9 Å². The standard InChI is InChI=1S/C14H17NO2/c1-9-6-10(2)14-11(4-5-13(16)17)8-15(3)12(14)7-9/h6-8H,4-5H2,1-3H3,(H,16,17). The fraction of sp³-hybridized carbons (Fsp3) is 0.357. The van der Waals surface area contributed by atoms with Crippen molar-refractivity contribution in [2.24, 2.45) is 7.05 Å². The van der Waals surface area contributed by atoms with Crippen LogP contribution in [0.25, 0.3) is 10.9 Å². The Morgan fingerprint density at radius 3 is 2.71 bits per heavy atom. The van der Waals surface area contributed by atoms with Gasteiger partial charge in [-0.1, -0.05) is 6.07 Å². The van der Waals surface area contributed by atoms with Crippen LogP contribution in [-0.2, 0) is 18.3 Å². The van der Waals surface area contributed by atoms with Crippen LogP contribution in [0.1, 0.15) is 23.1 Å². The predicted molar refractivity (Wildman–Crippen MR) is 68.3 cm³/mol. The zero-order chi connectivity index (χ0) is 12.6. The number of hydrogen-bond donors (Lipinski definition) is 1. The highest BCUT2D eigenvalue weighted by molar-refractivity contribution is 5.88. The number of aromatic nitrogens is 1. The summed E-state index contributed by atoms with van der Waals surface area (Å²) >= 11 is 0. The molecule has 0 saturated heterocycles.